The van der Waals surface area contributed by atoms with E-state index in [-0.39, 0.29) is 0 Å². The third-order valence-electron chi connectivity index (χ3n) is 3.54. The largest absolute Gasteiger partial charge is 0.266 e. The van der Waals surface area contributed by atoms with E-state index in [2.05, 4.69) is 14.6 Å². The molecular formula is C12H12N4S. The maximum Gasteiger partial charge on any atom is 0.172 e. The molecule has 0 saturated heterocycles. The lowest BCUT2D eigenvalue weighted by molar-refractivity contribution is 0.915. The molecule has 0 bridgehead atoms. The number of hydrogen-bond donors (Lipinski definition) is 0. The SMILES string of the molecule is Cc1nnc2c3c4c(sc3nc(C)n12)CCC4. The highest BCUT2D eigenvalue weighted by Gasteiger charge is 2.22. The summed E-state index contributed by atoms with van der Waals surface area (Å²) in [6.07, 6.45) is 3.64. The molecule has 86 valence electrons. The topological polar surface area (TPSA) is 43.1 Å². The molecule has 0 spiro atoms. The monoisotopic (exact) mass is 244 g/mol. The van der Waals surface area contributed by atoms with Gasteiger partial charge in [-0.1, -0.05) is 0 Å². The lowest BCUT2D eigenvalue weighted by Crippen LogP contribution is -1.98. The number of thiophene rings is 1. The zero-order valence-corrected chi connectivity index (χ0v) is 10.6. The minimum atomic E-state index is 0.921. The summed E-state index contributed by atoms with van der Waals surface area (Å²) in [6.45, 7) is 4.00. The molecule has 1 aliphatic carbocycles. The molecule has 0 unspecified atom stereocenters. The Hall–Kier alpha value is -1.49. The van der Waals surface area contributed by atoms with Crippen LogP contribution in [-0.4, -0.2) is 19.6 Å². The minimum absolute atomic E-state index is 0.921. The highest BCUT2D eigenvalue weighted by Crippen LogP contribution is 2.38. The Labute approximate surface area is 102 Å². The standard InChI is InChI=1S/C12H12N4S/c1-6-13-12-10(8-4-3-5-9(8)17-12)11-15-14-7(2)16(6)11/h3-5H2,1-2H3. The van der Waals surface area contributed by atoms with Crippen LogP contribution in [0.1, 0.15) is 28.5 Å². The summed E-state index contributed by atoms with van der Waals surface area (Å²) in [6, 6.07) is 0. The average Bonchev–Trinajstić information content (AvgIpc) is 2.91. The maximum absolute atomic E-state index is 4.70. The molecule has 0 aromatic carbocycles. The molecule has 0 atom stereocenters. The van der Waals surface area contributed by atoms with Crippen LogP contribution in [0.25, 0.3) is 15.9 Å². The smallest absolute Gasteiger partial charge is 0.172 e. The number of rotatable bonds is 0. The fourth-order valence-corrected chi connectivity index (χ4v) is 4.11. The fraction of sp³-hybridized carbons (Fsp3) is 0.417. The van der Waals surface area contributed by atoms with E-state index in [1.54, 1.807) is 0 Å². The second-order valence-corrected chi connectivity index (χ2v) is 5.69. The van der Waals surface area contributed by atoms with Gasteiger partial charge in [0.2, 0.25) is 0 Å². The van der Waals surface area contributed by atoms with Crippen LogP contribution in [-0.2, 0) is 12.8 Å². The molecule has 0 radical (unpaired) electrons. The predicted molar refractivity (Wildman–Crippen MR) is 67.7 cm³/mol. The van der Waals surface area contributed by atoms with Gasteiger partial charge in [-0.3, -0.25) is 4.40 Å². The van der Waals surface area contributed by atoms with Gasteiger partial charge in [-0.25, -0.2) is 4.98 Å². The molecule has 4 rings (SSSR count). The molecule has 0 fully saturated rings. The number of aryl methyl sites for hydroxylation is 4. The Morgan fingerprint density at radius 2 is 2.00 bits per heavy atom. The Bertz CT molecular complexity index is 753. The molecule has 0 aliphatic heterocycles. The molecule has 0 amide bonds. The molecule has 5 heteroatoms. The fourth-order valence-electron chi connectivity index (χ4n) is 2.81. The zero-order chi connectivity index (χ0) is 11.6. The van der Waals surface area contributed by atoms with Crippen molar-refractivity contribution in [1.29, 1.82) is 0 Å². The van der Waals surface area contributed by atoms with Gasteiger partial charge >= 0.3 is 0 Å². The molecule has 3 aromatic rings. The van der Waals surface area contributed by atoms with E-state index < -0.39 is 0 Å². The molecule has 1 aliphatic rings. The van der Waals surface area contributed by atoms with Crippen LogP contribution in [0.4, 0.5) is 0 Å². The maximum atomic E-state index is 4.70. The van der Waals surface area contributed by atoms with Crippen molar-refractivity contribution in [3.63, 3.8) is 0 Å². The van der Waals surface area contributed by atoms with Crippen molar-refractivity contribution in [2.75, 3.05) is 0 Å². The van der Waals surface area contributed by atoms with Gasteiger partial charge in [0.15, 0.2) is 5.65 Å². The first kappa shape index (κ1) is 9.53. The van der Waals surface area contributed by atoms with Crippen LogP contribution in [0.3, 0.4) is 0 Å². The normalized spacial score (nSPS) is 14.9. The Balaban J connectivity index is 2.29. The molecule has 4 nitrogen and oxygen atoms in total. The first-order chi connectivity index (χ1) is 8.25. The van der Waals surface area contributed by atoms with Crippen LogP contribution in [0.5, 0.6) is 0 Å². The second-order valence-electron chi connectivity index (χ2n) is 4.60. The van der Waals surface area contributed by atoms with Crippen molar-refractivity contribution in [3.8, 4) is 0 Å². The van der Waals surface area contributed by atoms with Gasteiger partial charge < -0.3 is 0 Å². The Kier molecular flexibility index (Phi) is 1.71. The van der Waals surface area contributed by atoms with Gasteiger partial charge in [0.05, 0.1) is 5.39 Å². The van der Waals surface area contributed by atoms with Crippen molar-refractivity contribution in [2.24, 2.45) is 0 Å². The summed E-state index contributed by atoms with van der Waals surface area (Å²) < 4.78 is 2.06. The van der Waals surface area contributed by atoms with Crippen LogP contribution in [0.2, 0.25) is 0 Å². The van der Waals surface area contributed by atoms with Crippen molar-refractivity contribution in [3.05, 3.63) is 22.1 Å². The predicted octanol–water partition coefficient (Wildman–Crippen LogP) is 2.44. The van der Waals surface area contributed by atoms with Crippen LogP contribution >= 0.6 is 11.3 Å². The van der Waals surface area contributed by atoms with E-state index in [0.29, 0.717) is 0 Å². The molecule has 3 aromatic heterocycles. The van der Waals surface area contributed by atoms with Crippen molar-refractivity contribution >= 4 is 27.2 Å². The van der Waals surface area contributed by atoms with Gasteiger partial charge in [0.1, 0.15) is 16.5 Å². The lowest BCUT2D eigenvalue weighted by Gasteiger charge is -2.02. The minimum Gasteiger partial charge on any atom is -0.266 e. The Morgan fingerprint density at radius 3 is 2.88 bits per heavy atom. The Morgan fingerprint density at radius 1 is 1.12 bits per heavy atom. The third-order valence-corrected chi connectivity index (χ3v) is 4.72. The quantitative estimate of drug-likeness (QED) is 0.610. The van der Waals surface area contributed by atoms with Gasteiger partial charge in [0.25, 0.3) is 0 Å². The van der Waals surface area contributed by atoms with E-state index in [4.69, 9.17) is 4.98 Å². The summed E-state index contributed by atoms with van der Waals surface area (Å²) in [5.74, 6) is 1.90. The number of nitrogens with zero attached hydrogens (tertiary/aromatic N) is 4. The van der Waals surface area contributed by atoms with Gasteiger partial charge in [0, 0.05) is 4.88 Å². The molecular weight excluding hydrogens is 232 g/mol. The van der Waals surface area contributed by atoms with Crippen LogP contribution in [0.15, 0.2) is 0 Å². The van der Waals surface area contributed by atoms with E-state index in [1.807, 2.05) is 25.2 Å². The van der Waals surface area contributed by atoms with Crippen molar-refractivity contribution in [1.82, 2.24) is 19.6 Å². The second kappa shape index (κ2) is 3.04. The van der Waals surface area contributed by atoms with Gasteiger partial charge in [-0.05, 0) is 38.7 Å². The van der Waals surface area contributed by atoms with E-state index in [9.17, 15) is 0 Å². The first-order valence-electron chi connectivity index (χ1n) is 5.88. The lowest BCUT2D eigenvalue weighted by atomic mass is 10.2. The average molecular weight is 244 g/mol. The summed E-state index contributed by atoms with van der Waals surface area (Å²) in [7, 11) is 0. The highest BCUT2D eigenvalue weighted by molar-refractivity contribution is 7.19. The van der Waals surface area contributed by atoms with Crippen LogP contribution < -0.4 is 0 Å². The highest BCUT2D eigenvalue weighted by atomic mass is 32.1. The van der Waals surface area contributed by atoms with E-state index in [1.165, 1.54) is 35.1 Å². The number of aromatic nitrogens is 4. The van der Waals surface area contributed by atoms with Crippen molar-refractivity contribution in [2.45, 2.75) is 33.1 Å². The molecule has 0 N–H and O–H groups in total. The van der Waals surface area contributed by atoms with Gasteiger partial charge in [-0.15, -0.1) is 21.5 Å². The molecule has 17 heavy (non-hydrogen) atoms. The summed E-state index contributed by atoms with van der Waals surface area (Å²) in [5, 5.41) is 9.77. The van der Waals surface area contributed by atoms with E-state index >= 15 is 0 Å². The summed E-state index contributed by atoms with van der Waals surface area (Å²) >= 11 is 1.83. The molecule has 0 saturated carbocycles. The van der Waals surface area contributed by atoms with Gasteiger partial charge in [-0.2, -0.15) is 0 Å². The first-order valence-corrected chi connectivity index (χ1v) is 6.70. The summed E-state index contributed by atoms with van der Waals surface area (Å²) in [5.41, 5.74) is 2.46. The third kappa shape index (κ3) is 1.10. The van der Waals surface area contributed by atoms with Crippen LogP contribution in [0, 0.1) is 13.8 Å². The zero-order valence-electron chi connectivity index (χ0n) is 9.82. The number of fused-ring (bicyclic) bond motifs is 5. The van der Waals surface area contributed by atoms with Crippen molar-refractivity contribution < 1.29 is 0 Å². The summed E-state index contributed by atoms with van der Waals surface area (Å²) in [4.78, 5) is 7.33. The number of hydrogen-bond acceptors (Lipinski definition) is 4. The van der Waals surface area contributed by atoms with E-state index in [0.717, 1.165) is 22.1 Å². The molecule has 3 heterocycles.